The first-order valence-electron chi connectivity index (χ1n) is 9.77. The maximum absolute atomic E-state index is 13.2. The van der Waals surface area contributed by atoms with Crippen LogP contribution in [-0.4, -0.2) is 34.8 Å². The molecule has 1 fully saturated rings. The number of rotatable bonds is 5. The van der Waals surface area contributed by atoms with Gasteiger partial charge in [-0.3, -0.25) is 9.69 Å². The third kappa shape index (κ3) is 3.88. The van der Waals surface area contributed by atoms with Crippen molar-refractivity contribution in [2.45, 2.75) is 46.2 Å². The summed E-state index contributed by atoms with van der Waals surface area (Å²) in [5.41, 5.74) is 2.16. The molecule has 1 atom stereocenters. The first-order valence-corrected chi connectivity index (χ1v) is 9.77. The molecule has 0 saturated carbocycles. The second-order valence-electron chi connectivity index (χ2n) is 7.53. The van der Waals surface area contributed by atoms with E-state index < -0.39 is 0 Å². The molecule has 0 radical (unpaired) electrons. The van der Waals surface area contributed by atoms with E-state index in [1.165, 1.54) is 0 Å². The number of methoxy groups -OCH3 is 1. The molecule has 1 saturated heterocycles. The highest BCUT2D eigenvalue weighted by molar-refractivity contribution is 5.42. The summed E-state index contributed by atoms with van der Waals surface area (Å²) in [6, 6.07) is 9.28. The molecule has 5 nitrogen and oxygen atoms in total. The quantitative estimate of drug-likeness (QED) is 0.872. The molecule has 0 spiro atoms. The Morgan fingerprint density at radius 3 is 2.41 bits per heavy atom. The Kier molecular flexibility index (Phi) is 5.90. The number of likely N-dealkylation sites (tertiary alicyclic amines) is 1. The van der Waals surface area contributed by atoms with Crippen molar-refractivity contribution in [3.8, 4) is 11.5 Å². The van der Waals surface area contributed by atoms with Crippen LogP contribution in [0.3, 0.4) is 0 Å². The van der Waals surface area contributed by atoms with E-state index >= 15 is 0 Å². The highest BCUT2D eigenvalue weighted by Gasteiger charge is 2.31. The summed E-state index contributed by atoms with van der Waals surface area (Å²) in [5, 5.41) is 10.7. The lowest BCUT2D eigenvalue weighted by molar-refractivity contribution is 0.154. The lowest BCUT2D eigenvalue weighted by Gasteiger charge is -2.37. The number of benzene rings is 1. The number of aryl methyl sites for hydroxylation is 1. The van der Waals surface area contributed by atoms with Crippen molar-refractivity contribution in [2.24, 2.45) is 5.92 Å². The van der Waals surface area contributed by atoms with Crippen LogP contribution in [0.5, 0.6) is 11.5 Å². The summed E-state index contributed by atoms with van der Waals surface area (Å²) in [7, 11) is 1.64. The number of hydrogen-bond acceptors (Lipinski definition) is 4. The minimum atomic E-state index is -0.255. The first-order chi connectivity index (χ1) is 13.0. The second-order valence-corrected chi connectivity index (χ2v) is 7.53. The van der Waals surface area contributed by atoms with E-state index in [0.717, 1.165) is 42.9 Å². The molecular weight excluding hydrogens is 340 g/mol. The number of aromatic nitrogens is 1. The lowest BCUT2D eigenvalue weighted by Crippen LogP contribution is -2.40. The van der Waals surface area contributed by atoms with Crippen molar-refractivity contribution in [3.63, 3.8) is 0 Å². The molecule has 1 aliphatic rings. The molecule has 1 aromatic heterocycles. The third-order valence-corrected chi connectivity index (χ3v) is 5.73. The number of aromatic hydroxyl groups is 1. The van der Waals surface area contributed by atoms with Crippen molar-refractivity contribution in [1.29, 1.82) is 0 Å². The van der Waals surface area contributed by atoms with E-state index in [9.17, 15) is 9.90 Å². The Hall–Kier alpha value is -2.27. The monoisotopic (exact) mass is 370 g/mol. The average Bonchev–Trinajstić information content (AvgIpc) is 2.66. The van der Waals surface area contributed by atoms with Crippen LogP contribution in [0.1, 0.15) is 49.6 Å². The van der Waals surface area contributed by atoms with Crippen molar-refractivity contribution in [2.75, 3.05) is 20.2 Å². The molecule has 0 bridgehead atoms. The van der Waals surface area contributed by atoms with Gasteiger partial charge in [-0.05, 0) is 69.5 Å². The number of ether oxygens (including phenoxy) is 1. The molecule has 3 rings (SSSR count). The predicted octanol–water partition coefficient (Wildman–Crippen LogP) is 3.71. The molecular formula is C22H30N2O3. The normalized spacial score (nSPS) is 17.0. The summed E-state index contributed by atoms with van der Waals surface area (Å²) in [6.07, 6.45) is 2.20. The fraction of sp³-hybridized carbons (Fsp3) is 0.500. The van der Waals surface area contributed by atoms with Crippen LogP contribution in [-0.2, 0) is 6.54 Å². The molecule has 0 amide bonds. The number of nitrogens with zero attached hydrogens (tertiary/aromatic N) is 2. The Morgan fingerprint density at radius 1 is 1.22 bits per heavy atom. The van der Waals surface area contributed by atoms with Gasteiger partial charge in [-0.1, -0.05) is 19.1 Å². The summed E-state index contributed by atoms with van der Waals surface area (Å²) < 4.78 is 7.02. The molecule has 146 valence electrons. The van der Waals surface area contributed by atoms with Crippen molar-refractivity contribution >= 4 is 0 Å². The number of piperidine rings is 1. The van der Waals surface area contributed by atoms with E-state index in [4.69, 9.17) is 4.74 Å². The van der Waals surface area contributed by atoms with Gasteiger partial charge in [0.1, 0.15) is 11.5 Å². The van der Waals surface area contributed by atoms with Gasteiger partial charge in [-0.15, -0.1) is 0 Å². The predicted molar refractivity (Wildman–Crippen MR) is 108 cm³/mol. The van der Waals surface area contributed by atoms with Crippen LogP contribution in [0.2, 0.25) is 0 Å². The Morgan fingerprint density at radius 2 is 1.85 bits per heavy atom. The van der Waals surface area contributed by atoms with Gasteiger partial charge in [-0.25, -0.2) is 0 Å². The van der Waals surface area contributed by atoms with E-state index in [2.05, 4.69) is 11.8 Å². The molecule has 1 N–H and O–H groups in total. The van der Waals surface area contributed by atoms with E-state index in [0.29, 0.717) is 18.0 Å². The number of pyridine rings is 1. The highest BCUT2D eigenvalue weighted by atomic mass is 16.5. The van der Waals surface area contributed by atoms with Crippen LogP contribution in [0.4, 0.5) is 0 Å². The fourth-order valence-electron chi connectivity index (χ4n) is 4.05. The zero-order chi connectivity index (χ0) is 19.6. The smallest absolute Gasteiger partial charge is 0.259 e. The summed E-state index contributed by atoms with van der Waals surface area (Å²) in [5.74, 6) is 1.56. The molecule has 27 heavy (non-hydrogen) atoms. The van der Waals surface area contributed by atoms with E-state index in [1.54, 1.807) is 17.7 Å². The largest absolute Gasteiger partial charge is 0.507 e. The average molecular weight is 370 g/mol. The molecule has 2 aromatic rings. The van der Waals surface area contributed by atoms with E-state index in [1.807, 2.05) is 38.1 Å². The van der Waals surface area contributed by atoms with Crippen LogP contribution >= 0.6 is 0 Å². The van der Waals surface area contributed by atoms with Crippen LogP contribution in [0.25, 0.3) is 0 Å². The number of hydrogen-bond donors (Lipinski definition) is 1. The van der Waals surface area contributed by atoms with Gasteiger partial charge >= 0.3 is 0 Å². The zero-order valence-electron chi connectivity index (χ0n) is 16.7. The molecule has 0 aliphatic carbocycles. The minimum Gasteiger partial charge on any atom is -0.507 e. The summed E-state index contributed by atoms with van der Waals surface area (Å²) in [6.45, 7) is 8.50. The SMILES string of the molecule is CCn1c(C)cc(O)c([C@H](c2ccc(OC)cc2)N2CCC(C)CC2)c1=O. The summed E-state index contributed by atoms with van der Waals surface area (Å²) >= 11 is 0. The molecule has 5 heteroatoms. The van der Waals surface area contributed by atoms with E-state index in [-0.39, 0.29) is 17.4 Å². The van der Waals surface area contributed by atoms with Crippen LogP contribution < -0.4 is 10.3 Å². The first kappa shape index (κ1) is 19.5. The van der Waals surface area contributed by atoms with Gasteiger partial charge in [0, 0.05) is 12.2 Å². The molecule has 2 heterocycles. The topological polar surface area (TPSA) is 54.7 Å². The Balaban J connectivity index is 2.14. The second kappa shape index (κ2) is 8.17. The third-order valence-electron chi connectivity index (χ3n) is 5.73. The lowest BCUT2D eigenvalue weighted by atomic mass is 9.92. The van der Waals surface area contributed by atoms with Crippen molar-refractivity contribution < 1.29 is 9.84 Å². The standard InChI is InChI=1S/C22H30N2O3/c1-5-24-16(3)14-19(25)20(22(24)26)21(23-12-10-15(2)11-13-23)17-6-8-18(27-4)9-7-17/h6-9,14-15,21,25H,5,10-13H2,1-4H3/t21-/m0/s1. The summed E-state index contributed by atoms with van der Waals surface area (Å²) in [4.78, 5) is 15.6. The van der Waals surface area contributed by atoms with Gasteiger partial charge in [0.15, 0.2) is 0 Å². The molecule has 0 unspecified atom stereocenters. The Labute approximate surface area is 161 Å². The van der Waals surface area contributed by atoms with Gasteiger partial charge in [-0.2, -0.15) is 0 Å². The minimum absolute atomic E-state index is 0.0849. The van der Waals surface area contributed by atoms with Crippen molar-refractivity contribution in [1.82, 2.24) is 9.47 Å². The van der Waals surface area contributed by atoms with Gasteiger partial charge < -0.3 is 14.4 Å². The maximum atomic E-state index is 13.2. The van der Waals surface area contributed by atoms with Crippen molar-refractivity contribution in [3.05, 3.63) is 57.5 Å². The van der Waals surface area contributed by atoms with Gasteiger partial charge in [0.2, 0.25) is 0 Å². The molecule has 1 aromatic carbocycles. The fourth-order valence-corrected chi connectivity index (χ4v) is 4.05. The van der Waals surface area contributed by atoms with Crippen LogP contribution in [0, 0.1) is 12.8 Å². The van der Waals surface area contributed by atoms with Crippen LogP contribution in [0.15, 0.2) is 35.1 Å². The molecule has 1 aliphatic heterocycles. The Bertz CT molecular complexity index is 834. The van der Waals surface area contributed by atoms with Gasteiger partial charge in [0.25, 0.3) is 5.56 Å². The maximum Gasteiger partial charge on any atom is 0.259 e. The highest BCUT2D eigenvalue weighted by Crippen LogP contribution is 2.35. The zero-order valence-corrected chi connectivity index (χ0v) is 16.7. The van der Waals surface area contributed by atoms with Gasteiger partial charge in [0.05, 0.1) is 18.7 Å².